The molecule has 3 aromatic carbocycles. The molecule has 4 rings (SSSR count). The molecule has 2 N–H and O–H groups in total. The van der Waals surface area contributed by atoms with Gasteiger partial charge in [0.2, 0.25) is 0 Å². The second-order valence-corrected chi connectivity index (χ2v) is 7.32. The number of ether oxygens (including phenoxy) is 1. The lowest BCUT2D eigenvalue weighted by Gasteiger charge is -2.37. The van der Waals surface area contributed by atoms with E-state index in [1.165, 1.54) is 5.01 Å². The molecule has 0 fully saturated rings. The van der Waals surface area contributed by atoms with E-state index in [0.717, 1.165) is 22.4 Å². The monoisotopic (exact) mass is 401 g/mol. The van der Waals surface area contributed by atoms with Crippen LogP contribution in [0.25, 0.3) is 0 Å². The van der Waals surface area contributed by atoms with Gasteiger partial charge in [0.1, 0.15) is 11.9 Å². The van der Waals surface area contributed by atoms with E-state index in [4.69, 9.17) is 4.74 Å². The molecule has 3 aromatic rings. The standard InChI is InChI=1S/C24H23N3O3/c1-16-10-12-18(13-11-16)23-25-21-9-4-3-8-20(21)24(29)27(23)26-22(28)15-30-19-7-5-6-17(2)14-19/h3-14,23,25H,15H2,1-2H3,(H,26,28). The van der Waals surface area contributed by atoms with Crippen molar-refractivity contribution in [2.75, 3.05) is 11.9 Å². The van der Waals surface area contributed by atoms with Crippen molar-refractivity contribution in [2.45, 2.75) is 20.0 Å². The number of nitrogens with zero attached hydrogens (tertiary/aromatic N) is 1. The van der Waals surface area contributed by atoms with Crippen LogP contribution >= 0.6 is 0 Å². The Morgan fingerprint density at radius 2 is 1.77 bits per heavy atom. The van der Waals surface area contributed by atoms with Gasteiger partial charge in [0, 0.05) is 5.69 Å². The lowest BCUT2D eigenvalue weighted by molar-refractivity contribution is -0.127. The summed E-state index contributed by atoms with van der Waals surface area (Å²) >= 11 is 0. The summed E-state index contributed by atoms with van der Waals surface area (Å²) in [6.07, 6.45) is -0.532. The summed E-state index contributed by atoms with van der Waals surface area (Å²) in [6.45, 7) is 3.75. The molecule has 1 atom stereocenters. The maximum absolute atomic E-state index is 13.2. The van der Waals surface area contributed by atoms with E-state index < -0.39 is 12.1 Å². The number of aryl methyl sites for hydroxylation is 2. The van der Waals surface area contributed by atoms with Gasteiger partial charge in [-0.25, -0.2) is 5.01 Å². The molecule has 30 heavy (non-hydrogen) atoms. The van der Waals surface area contributed by atoms with Gasteiger partial charge < -0.3 is 10.1 Å². The van der Waals surface area contributed by atoms with E-state index in [-0.39, 0.29) is 12.5 Å². The predicted octanol–water partition coefficient (Wildman–Crippen LogP) is 3.98. The van der Waals surface area contributed by atoms with E-state index in [0.29, 0.717) is 11.3 Å². The van der Waals surface area contributed by atoms with Crippen LogP contribution in [0.1, 0.15) is 33.2 Å². The number of hydrogen-bond donors (Lipinski definition) is 2. The van der Waals surface area contributed by atoms with Gasteiger partial charge in [0.25, 0.3) is 11.8 Å². The number of anilines is 1. The maximum Gasteiger partial charge on any atom is 0.276 e. The zero-order valence-electron chi connectivity index (χ0n) is 16.9. The Bertz CT molecular complexity index is 1080. The molecule has 1 aliphatic heterocycles. The fourth-order valence-electron chi connectivity index (χ4n) is 3.37. The zero-order chi connectivity index (χ0) is 21.1. The summed E-state index contributed by atoms with van der Waals surface area (Å²) in [5, 5.41) is 4.68. The number of nitrogens with one attached hydrogen (secondary N) is 2. The summed E-state index contributed by atoms with van der Waals surface area (Å²) in [5.74, 6) is -0.0874. The summed E-state index contributed by atoms with van der Waals surface area (Å²) in [7, 11) is 0. The van der Waals surface area contributed by atoms with Gasteiger partial charge in [-0.15, -0.1) is 0 Å². The molecule has 1 aliphatic rings. The molecule has 0 saturated carbocycles. The molecule has 0 saturated heterocycles. The van der Waals surface area contributed by atoms with Crippen LogP contribution in [-0.4, -0.2) is 23.4 Å². The third-order valence-electron chi connectivity index (χ3n) is 4.92. The number of carbonyl (C=O) groups is 2. The Kier molecular flexibility index (Phi) is 5.39. The average Bonchev–Trinajstić information content (AvgIpc) is 2.75. The molecule has 0 spiro atoms. The summed E-state index contributed by atoms with van der Waals surface area (Å²) in [5.41, 5.74) is 6.97. The number of hydrogen-bond acceptors (Lipinski definition) is 4. The van der Waals surface area contributed by atoms with Gasteiger partial charge in [-0.2, -0.15) is 0 Å². The minimum absolute atomic E-state index is 0.199. The van der Waals surface area contributed by atoms with Gasteiger partial charge in [0.05, 0.1) is 5.56 Å². The summed E-state index contributed by atoms with van der Waals surface area (Å²) in [4.78, 5) is 25.8. The van der Waals surface area contributed by atoms with Crippen molar-refractivity contribution in [3.63, 3.8) is 0 Å². The number of rotatable bonds is 5. The quantitative estimate of drug-likeness (QED) is 0.678. The van der Waals surface area contributed by atoms with Gasteiger partial charge in [-0.3, -0.25) is 15.0 Å². The second kappa shape index (κ2) is 8.29. The van der Waals surface area contributed by atoms with Crippen LogP contribution in [0.15, 0.2) is 72.8 Å². The Morgan fingerprint density at radius 3 is 2.53 bits per heavy atom. The van der Waals surface area contributed by atoms with Crippen molar-refractivity contribution in [2.24, 2.45) is 0 Å². The first kappa shape index (κ1) is 19.5. The Morgan fingerprint density at radius 1 is 1.00 bits per heavy atom. The zero-order valence-corrected chi connectivity index (χ0v) is 16.9. The Hall–Kier alpha value is -3.80. The molecular weight excluding hydrogens is 378 g/mol. The van der Waals surface area contributed by atoms with Gasteiger partial charge in [0.15, 0.2) is 6.61 Å². The van der Waals surface area contributed by atoms with E-state index >= 15 is 0 Å². The third-order valence-corrected chi connectivity index (χ3v) is 4.92. The Balaban J connectivity index is 1.55. The third kappa shape index (κ3) is 4.12. The predicted molar refractivity (Wildman–Crippen MR) is 115 cm³/mol. The van der Waals surface area contributed by atoms with E-state index in [9.17, 15) is 9.59 Å². The fraction of sp³-hybridized carbons (Fsp3) is 0.167. The lowest BCUT2D eigenvalue weighted by Crippen LogP contribution is -2.53. The van der Waals surface area contributed by atoms with E-state index in [2.05, 4.69) is 10.7 Å². The van der Waals surface area contributed by atoms with Gasteiger partial charge in [-0.05, 0) is 49.2 Å². The number of hydrazine groups is 1. The first-order valence-corrected chi connectivity index (χ1v) is 9.76. The highest BCUT2D eigenvalue weighted by Crippen LogP contribution is 2.31. The minimum atomic E-state index is -0.532. The first-order valence-electron chi connectivity index (χ1n) is 9.76. The molecule has 0 radical (unpaired) electrons. The smallest absolute Gasteiger partial charge is 0.276 e. The maximum atomic E-state index is 13.2. The van der Waals surface area contributed by atoms with Crippen LogP contribution in [0, 0.1) is 13.8 Å². The molecule has 0 bridgehead atoms. The molecule has 1 unspecified atom stereocenters. The molecule has 6 heteroatoms. The first-order chi connectivity index (χ1) is 14.5. The molecule has 0 aromatic heterocycles. The molecule has 1 heterocycles. The highest BCUT2D eigenvalue weighted by Gasteiger charge is 2.34. The van der Waals surface area contributed by atoms with Crippen LogP contribution in [0.3, 0.4) is 0 Å². The molecular formula is C24H23N3O3. The van der Waals surface area contributed by atoms with Crippen molar-refractivity contribution in [1.29, 1.82) is 0 Å². The van der Waals surface area contributed by atoms with Crippen LogP contribution < -0.4 is 15.5 Å². The van der Waals surface area contributed by atoms with Crippen LogP contribution in [-0.2, 0) is 4.79 Å². The number of carbonyl (C=O) groups excluding carboxylic acids is 2. The number of fused-ring (bicyclic) bond motifs is 1. The molecule has 2 amide bonds. The normalized spacial score (nSPS) is 15.2. The fourth-order valence-corrected chi connectivity index (χ4v) is 3.37. The topological polar surface area (TPSA) is 70.7 Å². The van der Waals surface area contributed by atoms with Crippen molar-refractivity contribution in [3.8, 4) is 5.75 Å². The second-order valence-electron chi connectivity index (χ2n) is 7.32. The highest BCUT2D eigenvalue weighted by atomic mass is 16.5. The van der Waals surface area contributed by atoms with Crippen molar-refractivity contribution in [1.82, 2.24) is 10.4 Å². The van der Waals surface area contributed by atoms with E-state index in [1.54, 1.807) is 18.2 Å². The molecule has 0 aliphatic carbocycles. The van der Waals surface area contributed by atoms with Crippen LogP contribution in [0.5, 0.6) is 5.75 Å². The number of amides is 2. The largest absolute Gasteiger partial charge is 0.484 e. The minimum Gasteiger partial charge on any atom is -0.484 e. The van der Waals surface area contributed by atoms with Crippen LogP contribution in [0.4, 0.5) is 5.69 Å². The van der Waals surface area contributed by atoms with Crippen molar-refractivity contribution >= 4 is 17.5 Å². The summed E-state index contributed by atoms with van der Waals surface area (Å²) in [6, 6.07) is 22.6. The molecule has 6 nitrogen and oxygen atoms in total. The number of para-hydroxylation sites is 1. The number of benzene rings is 3. The lowest BCUT2D eigenvalue weighted by atomic mass is 10.0. The SMILES string of the molecule is Cc1ccc(C2Nc3ccccc3C(=O)N2NC(=O)COc2cccc(C)c2)cc1. The average molecular weight is 401 g/mol. The molecule has 152 valence electrons. The van der Waals surface area contributed by atoms with E-state index in [1.807, 2.05) is 68.4 Å². The van der Waals surface area contributed by atoms with Gasteiger partial charge >= 0.3 is 0 Å². The Labute approximate surface area is 175 Å². The highest BCUT2D eigenvalue weighted by molar-refractivity contribution is 6.02. The van der Waals surface area contributed by atoms with Crippen molar-refractivity contribution < 1.29 is 14.3 Å². The van der Waals surface area contributed by atoms with Gasteiger partial charge in [-0.1, -0.05) is 54.1 Å². The summed E-state index contributed by atoms with van der Waals surface area (Å²) < 4.78 is 5.58. The van der Waals surface area contributed by atoms with Crippen molar-refractivity contribution in [3.05, 3.63) is 95.1 Å². The van der Waals surface area contributed by atoms with Crippen LogP contribution in [0.2, 0.25) is 0 Å².